The highest BCUT2D eigenvalue weighted by Crippen LogP contribution is 2.38. The van der Waals surface area contributed by atoms with E-state index in [2.05, 4.69) is 31.4 Å². The number of anilines is 1. The van der Waals surface area contributed by atoms with Gasteiger partial charge in [0.15, 0.2) is 5.11 Å². The van der Waals surface area contributed by atoms with E-state index in [1.165, 1.54) is 23.3 Å². The largest absolute Gasteiger partial charge is 0.465 e. The van der Waals surface area contributed by atoms with Gasteiger partial charge in [-0.3, -0.25) is 10.1 Å². The van der Waals surface area contributed by atoms with E-state index in [0.717, 1.165) is 36.8 Å². The minimum atomic E-state index is -0.376. The van der Waals surface area contributed by atoms with Gasteiger partial charge in [-0.1, -0.05) is 32.9 Å². The molecular formula is C22H26N2O3S2. The lowest BCUT2D eigenvalue weighted by molar-refractivity contribution is 0.0601. The Bertz CT molecular complexity index is 940. The average molecular weight is 431 g/mol. The summed E-state index contributed by atoms with van der Waals surface area (Å²) >= 11 is 6.84. The second-order valence-electron chi connectivity index (χ2n) is 8.14. The lowest BCUT2D eigenvalue weighted by Crippen LogP contribution is -2.34. The van der Waals surface area contributed by atoms with Gasteiger partial charge < -0.3 is 10.1 Å². The standard InChI is InChI=1S/C22H26N2O3S2/c1-22(2,3)14-11-9-13(10-12-14)18(25)23-21(28)24-19-17(20(26)27-4)15-7-5-6-8-16(15)29-19/h9-12H,5-8H2,1-4H3,(H2,23,24,25,28). The van der Waals surface area contributed by atoms with Crippen LogP contribution in [0.1, 0.15) is 70.3 Å². The fraction of sp³-hybridized carbons (Fsp3) is 0.409. The number of nitrogens with one attached hydrogen (secondary N) is 2. The molecular weight excluding hydrogens is 404 g/mol. The van der Waals surface area contributed by atoms with Crippen LogP contribution in [0.2, 0.25) is 0 Å². The van der Waals surface area contributed by atoms with Gasteiger partial charge >= 0.3 is 5.97 Å². The summed E-state index contributed by atoms with van der Waals surface area (Å²) in [7, 11) is 1.38. The third kappa shape index (κ3) is 4.85. The second-order valence-corrected chi connectivity index (χ2v) is 9.66. The van der Waals surface area contributed by atoms with Gasteiger partial charge in [-0.15, -0.1) is 11.3 Å². The minimum Gasteiger partial charge on any atom is -0.465 e. The quantitative estimate of drug-likeness (QED) is 0.539. The molecule has 1 amide bonds. The van der Waals surface area contributed by atoms with Crippen LogP contribution in [0.15, 0.2) is 24.3 Å². The molecule has 29 heavy (non-hydrogen) atoms. The van der Waals surface area contributed by atoms with Crippen LogP contribution in [-0.2, 0) is 23.0 Å². The molecule has 1 heterocycles. The molecule has 5 nitrogen and oxygen atoms in total. The molecule has 0 saturated carbocycles. The summed E-state index contributed by atoms with van der Waals surface area (Å²) in [4.78, 5) is 26.1. The summed E-state index contributed by atoms with van der Waals surface area (Å²) in [6, 6.07) is 7.49. The SMILES string of the molecule is COC(=O)c1c(NC(=S)NC(=O)c2ccc(C(C)(C)C)cc2)sc2c1CCCC2. The predicted octanol–water partition coefficient (Wildman–Crippen LogP) is 4.84. The van der Waals surface area contributed by atoms with Crippen LogP contribution in [0.25, 0.3) is 0 Å². The van der Waals surface area contributed by atoms with Crippen LogP contribution in [0, 0.1) is 0 Å². The van der Waals surface area contributed by atoms with Crippen molar-refractivity contribution < 1.29 is 14.3 Å². The molecule has 0 unspecified atom stereocenters. The van der Waals surface area contributed by atoms with Crippen molar-refractivity contribution in [1.29, 1.82) is 0 Å². The Hall–Kier alpha value is -2.25. The van der Waals surface area contributed by atoms with Crippen LogP contribution in [-0.4, -0.2) is 24.1 Å². The normalized spacial score (nSPS) is 13.4. The molecule has 1 aliphatic carbocycles. The van der Waals surface area contributed by atoms with Crippen LogP contribution in [0.3, 0.4) is 0 Å². The number of aryl methyl sites for hydroxylation is 1. The van der Waals surface area contributed by atoms with Gasteiger partial charge in [0.05, 0.1) is 12.7 Å². The Morgan fingerprint density at radius 3 is 2.38 bits per heavy atom. The Balaban J connectivity index is 1.73. The molecule has 3 rings (SSSR count). The second kappa shape index (κ2) is 8.63. The molecule has 154 valence electrons. The summed E-state index contributed by atoms with van der Waals surface area (Å²) < 4.78 is 4.97. The lowest BCUT2D eigenvalue weighted by atomic mass is 9.87. The molecule has 0 bridgehead atoms. The van der Waals surface area contributed by atoms with Gasteiger partial charge in [-0.05, 0) is 66.6 Å². The number of fused-ring (bicyclic) bond motifs is 1. The number of carbonyl (C=O) groups is 2. The first-order valence-corrected chi connectivity index (χ1v) is 10.9. The predicted molar refractivity (Wildman–Crippen MR) is 121 cm³/mol. The number of hydrogen-bond acceptors (Lipinski definition) is 5. The fourth-order valence-electron chi connectivity index (χ4n) is 3.40. The third-order valence-electron chi connectivity index (χ3n) is 5.03. The number of esters is 1. The summed E-state index contributed by atoms with van der Waals surface area (Å²) in [5, 5.41) is 6.54. The van der Waals surface area contributed by atoms with Gasteiger partial charge in [-0.25, -0.2) is 4.79 Å². The summed E-state index contributed by atoms with van der Waals surface area (Å²) in [5.74, 6) is -0.664. The average Bonchev–Trinajstić information content (AvgIpc) is 3.04. The summed E-state index contributed by atoms with van der Waals surface area (Å²) in [5.41, 5.74) is 3.29. The van der Waals surface area contributed by atoms with Crippen molar-refractivity contribution in [1.82, 2.24) is 5.32 Å². The highest BCUT2D eigenvalue weighted by atomic mass is 32.1. The van der Waals surface area contributed by atoms with Crippen molar-refractivity contribution >= 4 is 45.5 Å². The van der Waals surface area contributed by atoms with Crippen LogP contribution >= 0.6 is 23.6 Å². The van der Waals surface area contributed by atoms with E-state index in [0.29, 0.717) is 16.1 Å². The molecule has 2 N–H and O–H groups in total. The van der Waals surface area contributed by atoms with Gasteiger partial charge in [0.2, 0.25) is 0 Å². The highest BCUT2D eigenvalue weighted by Gasteiger charge is 2.26. The maximum Gasteiger partial charge on any atom is 0.341 e. The van der Waals surface area contributed by atoms with E-state index in [-0.39, 0.29) is 22.4 Å². The minimum absolute atomic E-state index is 0.0223. The van der Waals surface area contributed by atoms with Crippen molar-refractivity contribution in [3.8, 4) is 0 Å². The first-order valence-electron chi connectivity index (χ1n) is 9.66. The smallest absolute Gasteiger partial charge is 0.341 e. The topological polar surface area (TPSA) is 67.4 Å². The maximum atomic E-state index is 12.5. The molecule has 7 heteroatoms. The molecule has 0 fully saturated rings. The van der Waals surface area contributed by atoms with E-state index in [9.17, 15) is 9.59 Å². The van der Waals surface area contributed by atoms with E-state index in [4.69, 9.17) is 17.0 Å². The molecule has 0 saturated heterocycles. The van der Waals surface area contributed by atoms with Crippen molar-refractivity contribution in [2.45, 2.75) is 51.9 Å². The van der Waals surface area contributed by atoms with Crippen LogP contribution in [0.4, 0.5) is 5.00 Å². The zero-order chi connectivity index (χ0) is 21.2. The van der Waals surface area contributed by atoms with Gasteiger partial charge in [-0.2, -0.15) is 0 Å². The van der Waals surface area contributed by atoms with Gasteiger partial charge in [0.25, 0.3) is 5.91 Å². The zero-order valence-corrected chi connectivity index (χ0v) is 18.8. The molecule has 0 aliphatic heterocycles. The number of hydrogen-bond donors (Lipinski definition) is 2. The summed E-state index contributed by atoms with van der Waals surface area (Å²) in [6.07, 6.45) is 3.97. The number of amides is 1. The number of thiocarbonyl (C=S) groups is 1. The molecule has 1 aromatic carbocycles. The van der Waals surface area contributed by atoms with E-state index in [1.54, 1.807) is 12.1 Å². The maximum absolute atomic E-state index is 12.5. The molecule has 1 aromatic heterocycles. The molecule has 1 aliphatic rings. The Labute approximate surface area is 180 Å². The number of rotatable bonds is 3. The summed E-state index contributed by atoms with van der Waals surface area (Å²) in [6.45, 7) is 6.38. The Kier molecular flexibility index (Phi) is 6.39. The van der Waals surface area contributed by atoms with Crippen LogP contribution in [0.5, 0.6) is 0 Å². The number of benzene rings is 1. The molecule has 0 spiro atoms. The van der Waals surface area contributed by atoms with Crippen molar-refractivity contribution in [3.63, 3.8) is 0 Å². The number of methoxy groups -OCH3 is 1. The van der Waals surface area contributed by atoms with Crippen molar-refractivity contribution in [2.24, 2.45) is 0 Å². The third-order valence-corrected chi connectivity index (χ3v) is 6.44. The van der Waals surface area contributed by atoms with E-state index in [1.807, 2.05) is 12.1 Å². The van der Waals surface area contributed by atoms with Crippen molar-refractivity contribution in [2.75, 3.05) is 12.4 Å². The molecule has 0 radical (unpaired) electrons. The van der Waals surface area contributed by atoms with E-state index >= 15 is 0 Å². The number of carbonyl (C=O) groups excluding carboxylic acids is 2. The molecule has 0 atom stereocenters. The molecule has 2 aromatic rings. The van der Waals surface area contributed by atoms with Crippen molar-refractivity contribution in [3.05, 3.63) is 51.4 Å². The number of thiophene rings is 1. The highest BCUT2D eigenvalue weighted by molar-refractivity contribution is 7.80. The van der Waals surface area contributed by atoms with Crippen LogP contribution < -0.4 is 10.6 Å². The van der Waals surface area contributed by atoms with Gasteiger partial charge in [0, 0.05) is 10.4 Å². The first kappa shape index (κ1) is 21.5. The monoisotopic (exact) mass is 430 g/mol. The zero-order valence-electron chi connectivity index (χ0n) is 17.2. The fourth-order valence-corrected chi connectivity index (χ4v) is 4.94. The Morgan fingerprint density at radius 2 is 1.76 bits per heavy atom. The van der Waals surface area contributed by atoms with Gasteiger partial charge in [0.1, 0.15) is 5.00 Å². The number of ether oxygens (including phenoxy) is 1. The van der Waals surface area contributed by atoms with E-state index < -0.39 is 0 Å². The lowest BCUT2D eigenvalue weighted by Gasteiger charge is -2.19. The first-order chi connectivity index (χ1) is 13.7. The Morgan fingerprint density at radius 1 is 1.10 bits per heavy atom.